The van der Waals surface area contributed by atoms with E-state index in [9.17, 15) is 14.4 Å². The van der Waals surface area contributed by atoms with E-state index < -0.39 is 41.9 Å². The minimum atomic E-state index is -0.678. The summed E-state index contributed by atoms with van der Waals surface area (Å²) in [6.45, 7) is 13.7. The fraction of sp³-hybridized carbons (Fsp3) is 0.588. The molecule has 1 aliphatic heterocycles. The summed E-state index contributed by atoms with van der Waals surface area (Å²) in [6.07, 6.45) is 9.11. The van der Waals surface area contributed by atoms with Crippen molar-refractivity contribution in [1.82, 2.24) is 10.3 Å². The Bertz CT molecular complexity index is 1260. The van der Waals surface area contributed by atoms with E-state index in [0.29, 0.717) is 25.9 Å². The molecular formula is C34H48N2O7S. The molecule has 1 aromatic heterocycles. The fourth-order valence-electron chi connectivity index (χ4n) is 4.54. The number of thiazole rings is 1. The largest absolute Gasteiger partial charge is 0.462 e. The van der Waals surface area contributed by atoms with Crippen LogP contribution in [-0.2, 0) is 35.0 Å². The highest BCUT2D eigenvalue weighted by Crippen LogP contribution is 2.26. The van der Waals surface area contributed by atoms with E-state index in [1.807, 2.05) is 38.3 Å². The number of aromatic nitrogens is 1. The number of fused-ring (bicyclic) bond motifs is 2. The van der Waals surface area contributed by atoms with Gasteiger partial charge in [-0.1, -0.05) is 36.1 Å². The van der Waals surface area contributed by atoms with Crippen LogP contribution in [0.5, 0.6) is 0 Å². The molecule has 2 heterocycles. The summed E-state index contributed by atoms with van der Waals surface area (Å²) in [6, 6.07) is -0.524. The minimum absolute atomic E-state index is 0.0129. The van der Waals surface area contributed by atoms with Crippen LogP contribution in [0.25, 0.3) is 0 Å². The Kier molecular flexibility index (Phi) is 15.4. The number of nitrogens with one attached hydrogen (secondary N) is 1. The summed E-state index contributed by atoms with van der Waals surface area (Å²) in [5.41, 5.74) is 1.95. The zero-order valence-electron chi connectivity index (χ0n) is 27.4. The molecule has 9 nitrogen and oxygen atoms in total. The van der Waals surface area contributed by atoms with Gasteiger partial charge in [0.2, 0.25) is 0 Å². The molecule has 0 aliphatic carbocycles. The molecule has 0 spiro atoms. The number of cyclic esters (lactones) is 2. The summed E-state index contributed by atoms with van der Waals surface area (Å²) < 4.78 is 22.0. The monoisotopic (exact) mass is 628 g/mol. The lowest BCUT2D eigenvalue weighted by Crippen LogP contribution is -2.41. The molecule has 0 radical (unpaired) electrons. The molecular weight excluding hydrogens is 580 g/mol. The second kappa shape index (κ2) is 18.4. The van der Waals surface area contributed by atoms with Gasteiger partial charge in [-0.05, 0) is 73.0 Å². The quantitative estimate of drug-likeness (QED) is 0.0899. The number of nitrogens with zero attached hydrogens (tertiary/aromatic N) is 1. The number of rotatable bonds is 7. The number of alkyl carbamates (subject to hydrolysis) is 1. The SMILES string of the molecule is COCCC/C=C/C(C)=C/[C@@H]1Cc2nc(cs2)[C@@H](C)C[C@@H](NC(=O)OC(C)(C)C)CC(=O)O[C@@H](C)C/C(C)=C/C#CC(=O)O1. The van der Waals surface area contributed by atoms with Gasteiger partial charge in [-0.3, -0.25) is 4.79 Å². The topological polar surface area (TPSA) is 113 Å². The van der Waals surface area contributed by atoms with E-state index in [1.165, 1.54) is 11.3 Å². The maximum Gasteiger partial charge on any atom is 0.407 e. The van der Waals surface area contributed by atoms with E-state index in [4.69, 9.17) is 23.9 Å². The van der Waals surface area contributed by atoms with Gasteiger partial charge in [-0.25, -0.2) is 14.6 Å². The molecule has 0 saturated carbocycles. The van der Waals surface area contributed by atoms with Crippen molar-refractivity contribution in [3.8, 4) is 11.8 Å². The lowest BCUT2D eigenvalue weighted by molar-refractivity contribution is -0.148. The molecule has 1 N–H and O–H groups in total. The number of allylic oxidation sites excluding steroid dienone is 4. The smallest absolute Gasteiger partial charge is 0.407 e. The second-order valence-corrected chi connectivity index (χ2v) is 13.2. The number of hydrogen-bond acceptors (Lipinski definition) is 9. The first-order valence-corrected chi connectivity index (χ1v) is 16.0. The van der Waals surface area contributed by atoms with Crippen LogP contribution in [-0.4, -0.2) is 60.6 Å². The summed E-state index contributed by atoms with van der Waals surface area (Å²) in [5.74, 6) is 4.16. The molecule has 10 heteroatoms. The number of esters is 2. The summed E-state index contributed by atoms with van der Waals surface area (Å²) in [5, 5.41) is 5.61. The maximum atomic E-state index is 12.9. The first kappa shape index (κ1) is 36.8. The van der Waals surface area contributed by atoms with Crippen molar-refractivity contribution < 1.29 is 33.3 Å². The van der Waals surface area contributed by atoms with Crippen LogP contribution in [0, 0.1) is 11.8 Å². The van der Waals surface area contributed by atoms with Gasteiger partial charge in [-0.2, -0.15) is 0 Å². The zero-order valence-corrected chi connectivity index (χ0v) is 28.2. The standard InChI is InChI=1S/C34H48N2O7S/c1-23-14-12-15-31(37)42-28(18-24(2)13-10-9-11-16-40-8)21-30-36-29(22-44-30)25(3)19-27(20-32(38)41-26(4)17-23)35-33(39)43-34(5,6)7/h10,13-14,18,22,25-28H,9,11,16-17,19-21H2,1-8H3,(H,35,39)/b13-10+,23-14+,24-18+/t25-,26-,27+,28+/m0/s1. The molecule has 0 fully saturated rings. The van der Waals surface area contributed by atoms with Crippen molar-refractivity contribution in [2.75, 3.05) is 13.7 Å². The van der Waals surface area contributed by atoms with Crippen LogP contribution in [0.2, 0.25) is 0 Å². The number of carbonyl (C=O) groups is 3. The first-order valence-electron chi connectivity index (χ1n) is 15.1. The lowest BCUT2D eigenvalue weighted by Gasteiger charge is -2.25. The van der Waals surface area contributed by atoms with E-state index in [1.54, 1.807) is 40.9 Å². The van der Waals surface area contributed by atoms with Crippen molar-refractivity contribution in [3.05, 3.63) is 51.5 Å². The minimum Gasteiger partial charge on any atom is -0.462 e. The molecule has 2 bridgehead atoms. The Morgan fingerprint density at radius 1 is 1.20 bits per heavy atom. The van der Waals surface area contributed by atoms with Crippen LogP contribution < -0.4 is 5.32 Å². The average molecular weight is 629 g/mol. The summed E-state index contributed by atoms with van der Waals surface area (Å²) in [7, 11) is 1.68. The van der Waals surface area contributed by atoms with Gasteiger partial charge in [0.15, 0.2) is 0 Å². The first-order chi connectivity index (χ1) is 20.7. The van der Waals surface area contributed by atoms with Gasteiger partial charge < -0.3 is 24.3 Å². The summed E-state index contributed by atoms with van der Waals surface area (Å²) in [4.78, 5) is 43.0. The highest BCUT2D eigenvalue weighted by atomic mass is 32.1. The van der Waals surface area contributed by atoms with Crippen LogP contribution in [0.15, 0.2) is 40.8 Å². The predicted octanol–water partition coefficient (Wildman–Crippen LogP) is 6.59. The number of unbranched alkanes of at least 4 members (excludes halogenated alkanes) is 1. The van der Waals surface area contributed by atoms with E-state index >= 15 is 0 Å². The third-order valence-electron chi connectivity index (χ3n) is 6.46. The zero-order chi connectivity index (χ0) is 32.7. The van der Waals surface area contributed by atoms with Gasteiger partial charge in [0.25, 0.3) is 0 Å². The fourth-order valence-corrected chi connectivity index (χ4v) is 5.50. The number of methoxy groups -OCH3 is 1. The Labute approximate surface area is 266 Å². The summed E-state index contributed by atoms with van der Waals surface area (Å²) >= 11 is 1.47. The Morgan fingerprint density at radius 3 is 2.66 bits per heavy atom. The molecule has 0 aromatic carbocycles. The number of ether oxygens (including phenoxy) is 4. The van der Waals surface area contributed by atoms with Crippen molar-refractivity contribution in [1.29, 1.82) is 0 Å². The van der Waals surface area contributed by atoms with Crippen molar-refractivity contribution in [2.45, 2.75) is 117 Å². The van der Waals surface area contributed by atoms with Gasteiger partial charge in [0, 0.05) is 49.8 Å². The van der Waals surface area contributed by atoms with E-state index in [0.717, 1.165) is 34.7 Å². The average Bonchev–Trinajstić information content (AvgIpc) is 3.35. The maximum absolute atomic E-state index is 12.9. The van der Waals surface area contributed by atoms with Crippen LogP contribution >= 0.6 is 11.3 Å². The Morgan fingerprint density at radius 2 is 1.95 bits per heavy atom. The second-order valence-electron chi connectivity index (χ2n) is 12.2. The number of amides is 1. The lowest BCUT2D eigenvalue weighted by atomic mass is 9.97. The van der Waals surface area contributed by atoms with Crippen LogP contribution in [0.1, 0.15) is 97.2 Å². The number of carbonyl (C=O) groups excluding carboxylic acids is 3. The van der Waals surface area contributed by atoms with E-state index in [-0.39, 0.29) is 12.3 Å². The molecule has 0 saturated heterocycles. The third-order valence-corrected chi connectivity index (χ3v) is 7.35. The van der Waals surface area contributed by atoms with Gasteiger partial charge >= 0.3 is 18.0 Å². The predicted molar refractivity (Wildman–Crippen MR) is 172 cm³/mol. The molecule has 4 atom stereocenters. The molecule has 1 aromatic rings. The molecule has 0 unspecified atom stereocenters. The molecule has 242 valence electrons. The molecule has 44 heavy (non-hydrogen) atoms. The molecule has 1 aliphatic rings. The normalized spacial score (nSPS) is 24.0. The Balaban J connectivity index is 2.35. The van der Waals surface area contributed by atoms with Gasteiger partial charge in [-0.15, -0.1) is 11.3 Å². The van der Waals surface area contributed by atoms with Crippen molar-refractivity contribution in [2.24, 2.45) is 0 Å². The van der Waals surface area contributed by atoms with E-state index in [2.05, 4.69) is 23.2 Å². The molecule has 2 rings (SSSR count). The highest BCUT2D eigenvalue weighted by molar-refractivity contribution is 7.09. The van der Waals surface area contributed by atoms with Crippen LogP contribution in [0.4, 0.5) is 4.79 Å². The van der Waals surface area contributed by atoms with Crippen molar-refractivity contribution in [3.63, 3.8) is 0 Å². The number of hydrogen-bond donors (Lipinski definition) is 1. The van der Waals surface area contributed by atoms with Gasteiger partial charge in [0.05, 0.1) is 17.1 Å². The highest BCUT2D eigenvalue weighted by Gasteiger charge is 2.26. The molecule has 1 amide bonds. The third kappa shape index (κ3) is 15.3. The van der Waals surface area contributed by atoms with Crippen LogP contribution in [0.3, 0.4) is 0 Å². The van der Waals surface area contributed by atoms with Crippen molar-refractivity contribution >= 4 is 29.4 Å². The van der Waals surface area contributed by atoms with Gasteiger partial charge in [0.1, 0.15) is 17.8 Å². The Hall–Kier alpha value is -3.42.